The molecule has 19 heavy (non-hydrogen) atoms. The number of nitrogens with zero attached hydrogens (tertiary/aromatic N) is 2. The van der Waals surface area contributed by atoms with Crippen LogP contribution >= 0.6 is 0 Å². The first kappa shape index (κ1) is 12.2. The Bertz CT molecular complexity index is 590. The zero-order valence-electron chi connectivity index (χ0n) is 11.2. The number of aromatic nitrogens is 2. The molecule has 3 rings (SSSR count). The quantitative estimate of drug-likeness (QED) is 0.899. The topological polar surface area (TPSA) is 49.0 Å². The summed E-state index contributed by atoms with van der Waals surface area (Å²) in [5.41, 5.74) is 1.69. The average Bonchev–Trinajstić information content (AvgIpc) is 2.93. The minimum Gasteiger partial charge on any atom is -0.336 e. The van der Waals surface area contributed by atoms with Gasteiger partial charge in [-0.3, -0.25) is 9.89 Å². The van der Waals surface area contributed by atoms with E-state index < -0.39 is 0 Å². The zero-order chi connectivity index (χ0) is 13.2. The van der Waals surface area contributed by atoms with Crippen LogP contribution in [0.3, 0.4) is 0 Å². The predicted molar refractivity (Wildman–Crippen MR) is 75.1 cm³/mol. The lowest BCUT2D eigenvalue weighted by Gasteiger charge is -2.35. The second-order valence-corrected chi connectivity index (χ2v) is 5.23. The number of aromatic amines is 1. The van der Waals surface area contributed by atoms with Gasteiger partial charge in [-0.15, -0.1) is 0 Å². The lowest BCUT2D eigenvalue weighted by Crippen LogP contribution is -2.43. The molecular formula is C15H19N3O. The van der Waals surface area contributed by atoms with Crippen LogP contribution in [0, 0.1) is 0 Å². The SMILES string of the molecule is CCC1CCCCN1C(=O)c1ccc2cn[nH]c2c1. The minimum absolute atomic E-state index is 0.156. The Kier molecular flexibility index (Phi) is 3.23. The van der Waals surface area contributed by atoms with Crippen LogP contribution in [0.25, 0.3) is 10.9 Å². The summed E-state index contributed by atoms with van der Waals surface area (Å²) in [4.78, 5) is 14.7. The van der Waals surface area contributed by atoms with E-state index in [2.05, 4.69) is 17.1 Å². The maximum Gasteiger partial charge on any atom is 0.254 e. The van der Waals surface area contributed by atoms with Crippen molar-refractivity contribution in [3.05, 3.63) is 30.0 Å². The molecule has 1 aliphatic rings. The third-order valence-electron chi connectivity index (χ3n) is 4.05. The van der Waals surface area contributed by atoms with Gasteiger partial charge in [0.15, 0.2) is 0 Å². The Balaban J connectivity index is 1.89. The molecule has 0 radical (unpaired) electrons. The second kappa shape index (κ2) is 5.03. The van der Waals surface area contributed by atoms with Crippen LogP contribution in [0.15, 0.2) is 24.4 Å². The highest BCUT2D eigenvalue weighted by Crippen LogP contribution is 2.23. The average molecular weight is 257 g/mol. The van der Waals surface area contributed by atoms with E-state index in [0.717, 1.165) is 42.3 Å². The number of carbonyl (C=O) groups excluding carboxylic acids is 1. The molecule has 2 heterocycles. The summed E-state index contributed by atoms with van der Waals surface area (Å²) in [6.45, 7) is 3.05. The summed E-state index contributed by atoms with van der Waals surface area (Å²) >= 11 is 0. The first-order valence-corrected chi connectivity index (χ1v) is 7.03. The third kappa shape index (κ3) is 2.23. The fourth-order valence-corrected chi connectivity index (χ4v) is 2.93. The number of rotatable bonds is 2. The van der Waals surface area contributed by atoms with E-state index in [9.17, 15) is 4.79 Å². The van der Waals surface area contributed by atoms with Gasteiger partial charge in [0.1, 0.15) is 0 Å². The van der Waals surface area contributed by atoms with E-state index in [-0.39, 0.29) is 5.91 Å². The molecule has 0 spiro atoms. The fourth-order valence-electron chi connectivity index (χ4n) is 2.93. The van der Waals surface area contributed by atoms with E-state index in [0.29, 0.717) is 6.04 Å². The van der Waals surface area contributed by atoms with Crippen molar-refractivity contribution in [2.45, 2.75) is 38.6 Å². The van der Waals surface area contributed by atoms with Gasteiger partial charge in [0, 0.05) is 23.5 Å². The Labute approximate surface area is 112 Å². The van der Waals surface area contributed by atoms with Gasteiger partial charge in [-0.1, -0.05) is 13.0 Å². The van der Waals surface area contributed by atoms with Crippen LogP contribution in [0.5, 0.6) is 0 Å². The van der Waals surface area contributed by atoms with E-state index in [1.807, 2.05) is 23.1 Å². The number of H-pyrrole nitrogens is 1. The van der Waals surface area contributed by atoms with Crippen LogP contribution in [0.4, 0.5) is 0 Å². The molecule has 0 aliphatic carbocycles. The number of carbonyl (C=O) groups is 1. The van der Waals surface area contributed by atoms with Crippen molar-refractivity contribution in [1.29, 1.82) is 0 Å². The summed E-state index contributed by atoms with van der Waals surface area (Å²) in [6.07, 6.45) is 6.31. The molecule has 0 bridgehead atoms. The van der Waals surface area contributed by atoms with Gasteiger partial charge in [0.05, 0.1) is 11.7 Å². The van der Waals surface area contributed by atoms with Crippen molar-refractivity contribution in [3.8, 4) is 0 Å². The molecule has 1 saturated heterocycles. The lowest BCUT2D eigenvalue weighted by molar-refractivity contribution is 0.0608. The van der Waals surface area contributed by atoms with E-state index in [1.54, 1.807) is 6.20 Å². The molecule has 4 heteroatoms. The predicted octanol–water partition coefficient (Wildman–Crippen LogP) is 2.97. The van der Waals surface area contributed by atoms with Gasteiger partial charge in [-0.25, -0.2) is 0 Å². The van der Waals surface area contributed by atoms with E-state index in [1.165, 1.54) is 6.42 Å². The lowest BCUT2D eigenvalue weighted by atomic mass is 9.98. The smallest absolute Gasteiger partial charge is 0.254 e. The van der Waals surface area contributed by atoms with Gasteiger partial charge in [-0.2, -0.15) is 5.10 Å². The van der Waals surface area contributed by atoms with Gasteiger partial charge in [0.2, 0.25) is 0 Å². The maximum absolute atomic E-state index is 12.6. The summed E-state index contributed by atoms with van der Waals surface area (Å²) in [6, 6.07) is 6.17. The molecule has 1 N–H and O–H groups in total. The molecule has 1 atom stereocenters. The van der Waals surface area contributed by atoms with Gasteiger partial charge in [0.25, 0.3) is 5.91 Å². The Morgan fingerprint density at radius 1 is 1.47 bits per heavy atom. The molecule has 1 unspecified atom stereocenters. The molecule has 2 aromatic rings. The van der Waals surface area contributed by atoms with Crippen LogP contribution in [0.2, 0.25) is 0 Å². The highest BCUT2D eigenvalue weighted by molar-refractivity contribution is 5.97. The van der Waals surface area contributed by atoms with Crippen molar-refractivity contribution in [2.24, 2.45) is 0 Å². The highest BCUT2D eigenvalue weighted by atomic mass is 16.2. The highest BCUT2D eigenvalue weighted by Gasteiger charge is 2.26. The first-order chi connectivity index (χ1) is 9.29. The molecule has 1 fully saturated rings. The van der Waals surface area contributed by atoms with Crippen molar-refractivity contribution in [1.82, 2.24) is 15.1 Å². The van der Waals surface area contributed by atoms with Crippen molar-refractivity contribution in [3.63, 3.8) is 0 Å². The van der Waals surface area contributed by atoms with Crippen molar-refractivity contribution < 1.29 is 4.79 Å². The molecule has 1 aliphatic heterocycles. The van der Waals surface area contributed by atoms with E-state index in [4.69, 9.17) is 0 Å². The molecule has 4 nitrogen and oxygen atoms in total. The number of hydrogen-bond acceptors (Lipinski definition) is 2. The molecule has 0 saturated carbocycles. The number of nitrogens with one attached hydrogen (secondary N) is 1. The summed E-state index contributed by atoms with van der Waals surface area (Å²) in [5, 5.41) is 7.96. The minimum atomic E-state index is 0.156. The number of fused-ring (bicyclic) bond motifs is 1. The monoisotopic (exact) mass is 257 g/mol. The number of piperidine rings is 1. The Hall–Kier alpha value is -1.84. The van der Waals surface area contributed by atoms with E-state index >= 15 is 0 Å². The fraction of sp³-hybridized carbons (Fsp3) is 0.467. The van der Waals surface area contributed by atoms with Crippen molar-refractivity contribution in [2.75, 3.05) is 6.54 Å². The molecule has 100 valence electrons. The summed E-state index contributed by atoms with van der Waals surface area (Å²) < 4.78 is 0. The first-order valence-electron chi connectivity index (χ1n) is 7.03. The normalized spacial score (nSPS) is 19.8. The van der Waals surface area contributed by atoms with Gasteiger partial charge < -0.3 is 4.90 Å². The zero-order valence-corrected chi connectivity index (χ0v) is 11.2. The number of likely N-dealkylation sites (tertiary alicyclic amines) is 1. The molecule has 1 amide bonds. The molecular weight excluding hydrogens is 238 g/mol. The number of benzene rings is 1. The van der Waals surface area contributed by atoms with Crippen LogP contribution in [-0.4, -0.2) is 33.6 Å². The van der Waals surface area contributed by atoms with Crippen LogP contribution < -0.4 is 0 Å². The molecule has 1 aromatic carbocycles. The van der Waals surface area contributed by atoms with Crippen molar-refractivity contribution >= 4 is 16.8 Å². The number of amides is 1. The van der Waals surface area contributed by atoms with Crippen LogP contribution in [-0.2, 0) is 0 Å². The maximum atomic E-state index is 12.6. The Morgan fingerprint density at radius 2 is 2.37 bits per heavy atom. The van der Waals surface area contributed by atoms with Gasteiger partial charge in [-0.05, 0) is 37.8 Å². The molecule has 1 aromatic heterocycles. The number of hydrogen-bond donors (Lipinski definition) is 1. The third-order valence-corrected chi connectivity index (χ3v) is 4.05. The van der Waals surface area contributed by atoms with Crippen LogP contribution in [0.1, 0.15) is 43.0 Å². The standard InChI is InChI=1S/C15H19N3O/c1-2-13-5-3-4-8-18(13)15(19)11-6-7-12-10-16-17-14(12)9-11/h6-7,9-10,13H,2-5,8H2,1H3,(H,16,17). The Morgan fingerprint density at radius 3 is 3.21 bits per heavy atom. The van der Waals surface area contributed by atoms with Gasteiger partial charge >= 0.3 is 0 Å². The second-order valence-electron chi connectivity index (χ2n) is 5.23. The largest absolute Gasteiger partial charge is 0.336 e. The summed E-state index contributed by atoms with van der Waals surface area (Å²) in [7, 11) is 0. The summed E-state index contributed by atoms with van der Waals surface area (Å²) in [5.74, 6) is 0.156.